The highest BCUT2D eigenvalue weighted by atomic mass is 19.4. The van der Waals surface area contributed by atoms with Gasteiger partial charge in [-0.1, -0.05) is 63.2 Å². The summed E-state index contributed by atoms with van der Waals surface area (Å²) < 4.78 is 42.5. The van der Waals surface area contributed by atoms with Crippen LogP contribution in [0.2, 0.25) is 0 Å². The molecule has 0 aliphatic carbocycles. The summed E-state index contributed by atoms with van der Waals surface area (Å²) in [5.74, 6) is 0. The molecule has 2 aromatic heterocycles. The van der Waals surface area contributed by atoms with Gasteiger partial charge in [0.25, 0.3) is 5.56 Å². The van der Waals surface area contributed by atoms with Crippen LogP contribution in [-0.2, 0) is 11.6 Å². The minimum absolute atomic E-state index is 0.0268. The Morgan fingerprint density at radius 2 is 1.68 bits per heavy atom. The molecule has 0 aliphatic rings. The third-order valence-electron chi connectivity index (χ3n) is 4.73. The number of alkyl halides is 3. The Morgan fingerprint density at radius 1 is 1.00 bits per heavy atom. The number of benzene rings is 2. The van der Waals surface area contributed by atoms with Gasteiger partial charge in [0.15, 0.2) is 5.65 Å². The molecule has 144 valence electrons. The molecule has 4 rings (SSSR count). The summed E-state index contributed by atoms with van der Waals surface area (Å²) in [6, 6.07) is 13.6. The Balaban J connectivity index is 2.19. The van der Waals surface area contributed by atoms with E-state index in [9.17, 15) is 18.0 Å². The number of hydrogen-bond donors (Lipinski definition) is 1. The predicted octanol–water partition coefficient (Wildman–Crippen LogP) is 5.16. The fourth-order valence-corrected chi connectivity index (χ4v) is 3.33. The van der Waals surface area contributed by atoms with Crippen LogP contribution in [-0.4, -0.2) is 14.6 Å². The number of H-pyrrole nitrogens is 1. The topological polar surface area (TPSA) is 50.2 Å². The lowest BCUT2D eigenvalue weighted by molar-refractivity contribution is -0.140. The molecule has 0 atom stereocenters. The molecule has 7 heteroatoms. The van der Waals surface area contributed by atoms with E-state index in [-0.39, 0.29) is 11.2 Å². The van der Waals surface area contributed by atoms with Gasteiger partial charge in [-0.2, -0.15) is 13.2 Å². The van der Waals surface area contributed by atoms with Crippen LogP contribution in [0.25, 0.3) is 27.5 Å². The van der Waals surface area contributed by atoms with Crippen LogP contribution in [0.1, 0.15) is 32.2 Å². The number of aromatic amines is 1. The van der Waals surface area contributed by atoms with Crippen LogP contribution in [0, 0.1) is 0 Å². The first-order valence-corrected chi connectivity index (χ1v) is 8.79. The van der Waals surface area contributed by atoms with Gasteiger partial charge < -0.3 is 0 Å². The molecule has 0 radical (unpaired) electrons. The van der Waals surface area contributed by atoms with Crippen molar-refractivity contribution in [3.63, 3.8) is 0 Å². The molecule has 4 aromatic rings. The number of hydrogen-bond acceptors (Lipinski definition) is 2. The van der Waals surface area contributed by atoms with Gasteiger partial charge in [0.05, 0.1) is 11.3 Å². The Labute approximate surface area is 158 Å². The number of aromatic nitrogens is 3. The maximum absolute atomic E-state index is 13.9. The SMILES string of the molecule is CC(C)(C)c1cc(=O)n2[nH]c(C(F)(F)F)c(-c3cccc4ccccc34)c2n1. The fourth-order valence-electron chi connectivity index (χ4n) is 3.33. The van der Waals surface area contributed by atoms with Crippen LogP contribution in [0.15, 0.2) is 53.3 Å². The van der Waals surface area contributed by atoms with Crippen LogP contribution >= 0.6 is 0 Å². The van der Waals surface area contributed by atoms with Gasteiger partial charge >= 0.3 is 6.18 Å². The first-order valence-electron chi connectivity index (χ1n) is 8.79. The van der Waals surface area contributed by atoms with Crippen LogP contribution in [0.3, 0.4) is 0 Å². The molecule has 1 N–H and O–H groups in total. The predicted molar refractivity (Wildman–Crippen MR) is 102 cm³/mol. The van der Waals surface area contributed by atoms with Crippen molar-refractivity contribution >= 4 is 16.4 Å². The molecular formula is C21H18F3N3O. The largest absolute Gasteiger partial charge is 0.433 e. The minimum Gasteiger partial charge on any atom is -0.284 e. The van der Waals surface area contributed by atoms with Gasteiger partial charge in [-0.05, 0) is 16.3 Å². The molecule has 0 amide bonds. The lowest BCUT2D eigenvalue weighted by Crippen LogP contribution is -2.22. The van der Waals surface area contributed by atoms with Gasteiger partial charge in [0, 0.05) is 11.5 Å². The van der Waals surface area contributed by atoms with Gasteiger partial charge in [-0.25, -0.2) is 9.50 Å². The van der Waals surface area contributed by atoms with Gasteiger partial charge in [0.1, 0.15) is 5.69 Å². The van der Waals surface area contributed by atoms with Crippen molar-refractivity contribution in [1.82, 2.24) is 14.6 Å². The number of rotatable bonds is 1. The van der Waals surface area contributed by atoms with E-state index in [1.807, 2.05) is 39.0 Å². The quantitative estimate of drug-likeness (QED) is 0.492. The standard InChI is InChI=1S/C21H18F3N3O/c1-20(2,3)15-11-16(28)27-19(25-15)17(18(26-27)21(22,23)24)14-10-6-8-12-7-4-5-9-13(12)14/h4-11,26H,1-3H3. The third kappa shape index (κ3) is 2.87. The lowest BCUT2D eigenvalue weighted by Gasteiger charge is -2.17. The second-order valence-corrected chi connectivity index (χ2v) is 7.77. The summed E-state index contributed by atoms with van der Waals surface area (Å²) >= 11 is 0. The van der Waals surface area contributed by atoms with E-state index in [1.165, 1.54) is 6.07 Å². The molecule has 0 saturated carbocycles. The maximum Gasteiger partial charge on any atom is 0.433 e. The van der Waals surface area contributed by atoms with Crippen molar-refractivity contribution in [1.29, 1.82) is 0 Å². The van der Waals surface area contributed by atoms with Crippen LogP contribution in [0.4, 0.5) is 13.2 Å². The molecule has 0 fully saturated rings. The molecule has 2 aromatic carbocycles. The normalized spacial score (nSPS) is 12.8. The van der Waals surface area contributed by atoms with Crippen molar-refractivity contribution in [3.8, 4) is 11.1 Å². The maximum atomic E-state index is 13.9. The molecule has 0 spiro atoms. The van der Waals surface area contributed by atoms with Gasteiger partial charge in [-0.15, -0.1) is 0 Å². The van der Waals surface area contributed by atoms with E-state index in [2.05, 4.69) is 10.1 Å². The first kappa shape index (κ1) is 18.3. The molecule has 0 bridgehead atoms. The highest BCUT2D eigenvalue weighted by molar-refractivity contribution is 6.00. The summed E-state index contributed by atoms with van der Waals surface area (Å²) in [7, 11) is 0. The van der Waals surface area contributed by atoms with E-state index in [0.717, 1.165) is 9.90 Å². The molecule has 28 heavy (non-hydrogen) atoms. The van der Waals surface area contributed by atoms with Crippen LogP contribution < -0.4 is 5.56 Å². The van der Waals surface area contributed by atoms with Gasteiger partial charge in [0.2, 0.25) is 0 Å². The van der Waals surface area contributed by atoms with Crippen molar-refractivity contribution in [2.75, 3.05) is 0 Å². The highest BCUT2D eigenvalue weighted by Gasteiger charge is 2.38. The lowest BCUT2D eigenvalue weighted by atomic mass is 9.92. The van der Waals surface area contributed by atoms with E-state index < -0.39 is 22.8 Å². The molecule has 0 aliphatic heterocycles. The van der Waals surface area contributed by atoms with Crippen molar-refractivity contribution in [2.45, 2.75) is 32.4 Å². The van der Waals surface area contributed by atoms with Crippen molar-refractivity contribution in [2.24, 2.45) is 0 Å². The zero-order chi connectivity index (χ0) is 20.3. The third-order valence-corrected chi connectivity index (χ3v) is 4.73. The number of nitrogens with zero attached hydrogens (tertiary/aromatic N) is 2. The summed E-state index contributed by atoms with van der Waals surface area (Å²) in [6.45, 7) is 5.58. The number of halogens is 3. The monoisotopic (exact) mass is 385 g/mol. The summed E-state index contributed by atoms with van der Waals surface area (Å²) in [6.07, 6.45) is -4.67. The van der Waals surface area contributed by atoms with Crippen LogP contribution in [0.5, 0.6) is 0 Å². The van der Waals surface area contributed by atoms with E-state index in [1.54, 1.807) is 24.3 Å². The smallest absolute Gasteiger partial charge is 0.284 e. The highest BCUT2D eigenvalue weighted by Crippen LogP contribution is 2.40. The zero-order valence-electron chi connectivity index (χ0n) is 15.6. The average molecular weight is 385 g/mol. The Kier molecular flexibility index (Phi) is 3.89. The first-order chi connectivity index (χ1) is 13.1. The Bertz CT molecular complexity index is 1250. The second kappa shape index (κ2) is 5.95. The average Bonchev–Trinajstić information content (AvgIpc) is 3.01. The Morgan fingerprint density at radius 3 is 2.36 bits per heavy atom. The van der Waals surface area contributed by atoms with Gasteiger partial charge in [-0.3, -0.25) is 9.89 Å². The van der Waals surface area contributed by atoms with E-state index in [0.29, 0.717) is 16.6 Å². The number of nitrogens with one attached hydrogen (secondary N) is 1. The number of fused-ring (bicyclic) bond motifs is 2. The molecule has 2 heterocycles. The Hall–Kier alpha value is -3.09. The summed E-state index contributed by atoms with van der Waals surface area (Å²) in [4.78, 5) is 17.0. The molecule has 0 saturated heterocycles. The van der Waals surface area contributed by atoms with Crippen molar-refractivity contribution < 1.29 is 13.2 Å². The fraction of sp³-hybridized carbons (Fsp3) is 0.238. The van der Waals surface area contributed by atoms with Crippen molar-refractivity contribution in [3.05, 3.63) is 70.3 Å². The second-order valence-electron chi connectivity index (χ2n) is 7.77. The van der Waals surface area contributed by atoms with E-state index >= 15 is 0 Å². The molecular weight excluding hydrogens is 367 g/mol. The van der Waals surface area contributed by atoms with E-state index in [4.69, 9.17) is 0 Å². The minimum atomic E-state index is -4.67. The molecule has 0 unspecified atom stereocenters. The summed E-state index contributed by atoms with van der Waals surface area (Å²) in [5, 5.41) is 3.70. The molecule has 4 nitrogen and oxygen atoms in total. The zero-order valence-corrected chi connectivity index (χ0v) is 15.6. The summed E-state index contributed by atoms with van der Waals surface area (Å²) in [5.41, 5.74) is -1.38.